The number of benzene rings is 4. The molecule has 0 heterocycles. The fraction of sp³-hybridized carbons (Fsp3) is 0.350. The number of carbonyl (C=O) groups excluding carboxylic acids is 6. The highest BCUT2D eigenvalue weighted by Gasteiger charge is 2.31. The Balaban J connectivity index is 2.34. The Hall–Kier alpha value is -5.78. The van der Waals surface area contributed by atoms with Crippen LogP contribution in [0.3, 0.4) is 0 Å². The summed E-state index contributed by atoms with van der Waals surface area (Å²) in [5.74, 6) is -4.42. The van der Waals surface area contributed by atoms with E-state index in [4.69, 9.17) is 28.4 Å². The van der Waals surface area contributed by atoms with E-state index in [1.165, 1.54) is 53.7 Å². The van der Waals surface area contributed by atoms with Gasteiger partial charge in [-0.2, -0.15) is 0 Å². The summed E-state index contributed by atoms with van der Waals surface area (Å²) < 4.78 is 34.3. The molecule has 0 aliphatic rings. The minimum atomic E-state index is -0.677. The van der Waals surface area contributed by atoms with E-state index in [0.717, 1.165) is 0 Å². The summed E-state index contributed by atoms with van der Waals surface area (Å²) in [4.78, 5) is 74.8. The van der Waals surface area contributed by atoms with Gasteiger partial charge in [-0.15, -0.1) is 0 Å². The Bertz CT molecular complexity index is 2030. The predicted molar refractivity (Wildman–Crippen MR) is 192 cm³/mol. The summed E-state index contributed by atoms with van der Waals surface area (Å²) >= 11 is 0. The first-order chi connectivity index (χ1) is 24.2. The lowest BCUT2D eigenvalue weighted by Crippen LogP contribution is -2.12. The predicted octanol–water partition coefficient (Wildman–Crippen LogP) is 8.08. The van der Waals surface area contributed by atoms with E-state index in [0.29, 0.717) is 54.9 Å². The van der Waals surface area contributed by atoms with Gasteiger partial charge in [0.15, 0.2) is 23.0 Å². The van der Waals surface area contributed by atoms with Gasteiger partial charge < -0.3 is 28.4 Å². The maximum absolute atomic E-state index is 12.8. The van der Waals surface area contributed by atoms with Crippen LogP contribution < -0.4 is 28.4 Å². The third-order valence-electron chi connectivity index (χ3n) is 8.00. The average Bonchev–Trinajstić information content (AvgIpc) is 2.97. The summed E-state index contributed by atoms with van der Waals surface area (Å²) in [6.45, 7) is 18.4. The smallest absolute Gasteiger partial charge is 0.308 e. The van der Waals surface area contributed by atoms with E-state index >= 15 is 0 Å². The van der Waals surface area contributed by atoms with Crippen molar-refractivity contribution in [3.8, 4) is 45.6 Å². The molecule has 0 saturated heterocycles. The highest BCUT2D eigenvalue weighted by molar-refractivity contribution is 6.08. The minimum Gasteiger partial charge on any atom is -0.425 e. The molecule has 0 bridgehead atoms. The van der Waals surface area contributed by atoms with Crippen LogP contribution in [0.25, 0.3) is 32.7 Å². The molecule has 0 atom stereocenters. The molecular weight excluding hydrogens is 672 g/mol. The average molecular weight is 715 g/mol. The molecule has 0 unspecified atom stereocenters. The van der Waals surface area contributed by atoms with E-state index < -0.39 is 35.8 Å². The van der Waals surface area contributed by atoms with Crippen molar-refractivity contribution in [3.05, 3.63) is 46.5 Å². The Morgan fingerprint density at radius 3 is 0.923 bits per heavy atom. The van der Waals surface area contributed by atoms with Crippen LogP contribution in [0.15, 0.2) is 24.3 Å². The fourth-order valence-electron chi connectivity index (χ4n) is 6.47. The molecule has 0 fully saturated rings. The minimum absolute atomic E-state index is 0.0522. The largest absolute Gasteiger partial charge is 0.425 e. The summed E-state index contributed by atoms with van der Waals surface area (Å²) in [6.07, 6.45) is 0. The standard InChI is InChI=1S/C40H42O12/c1-17(2)33-27-13-19(5)35(37(49-23(9)43)29(27)15-31(47-21(7)41)39(33)51-25(11)45)36-20(6)14-28-30(38(36)50-24(10)44)16-32(48-22(8)42)40(52-26(12)46)34(28)18(3)4/h13-18H,1-12H3. The van der Waals surface area contributed by atoms with E-state index in [1.54, 1.807) is 13.8 Å². The molecule has 12 nitrogen and oxygen atoms in total. The number of ether oxygens (including phenoxy) is 6. The van der Waals surface area contributed by atoms with Gasteiger partial charge in [-0.25, -0.2) is 0 Å². The van der Waals surface area contributed by atoms with Gasteiger partial charge in [-0.05, 0) is 59.7 Å². The Morgan fingerprint density at radius 1 is 0.404 bits per heavy atom. The quantitative estimate of drug-likeness (QED) is 0.121. The third-order valence-corrected chi connectivity index (χ3v) is 8.00. The van der Waals surface area contributed by atoms with Gasteiger partial charge in [0.05, 0.1) is 0 Å². The van der Waals surface area contributed by atoms with E-state index in [-0.39, 0.29) is 46.3 Å². The summed E-state index contributed by atoms with van der Waals surface area (Å²) in [5, 5.41) is 1.79. The van der Waals surface area contributed by atoms with E-state index in [2.05, 4.69) is 0 Å². The normalized spacial score (nSPS) is 11.1. The topological polar surface area (TPSA) is 158 Å². The van der Waals surface area contributed by atoms with Crippen molar-refractivity contribution >= 4 is 57.4 Å². The van der Waals surface area contributed by atoms with Crippen molar-refractivity contribution in [1.82, 2.24) is 0 Å². The lowest BCUT2D eigenvalue weighted by molar-refractivity contribution is -0.134. The first-order valence-electron chi connectivity index (χ1n) is 16.6. The fourth-order valence-corrected chi connectivity index (χ4v) is 6.47. The molecule has 0 amide bonds. The van der Waals surface area contributed by atoms with Gasteiger partial charge in [0, 0.05) is 74.6 Å². The zero-order valence-electron chi connectivity index (χ0n) is 31.4. The highest BCUT2D eigenvalue weighted by atomic mass is 16.6. The number of carbonyl (C=O) groups is 6. The second-order valence-electron chi connectivity index (χ2n) is 13.1. The van der Waals surface area contributed by atoms with Gasteiger partial charge in [-0.3, -0.25) is 28.8 Å². The SMILES string of the molecule is CC(=O)Oc1cc2c(OC(C)=O)c(-c3c(C)cc4c(C(C)C)c(OC(C)=O)c(OC(C)=O)cc4c3OC(C)=O)c(C)cc2c(C(C)C)c1OC(C)=O. The van der Waals surface area contributed by atoms with E-state index in [9.17, 15) is 28.8 Å². The Morgan fingerprint density at radius 2 is 0.673 bits per heavy atom. The van der Waals surface area contributed by atoms with Crippen molar-refractivity contribution in [2.45, 2.75) is 94.9 Å². The van der Waals surface area contributed by atoms with Crippen LogP contribution in [-0.4, -0.2) is 35.8 Å². The molecule has 0 radical (unpaired) electrons. The van der Waals surface area contributed by atoms with Gasteiger partial charge in [-0.1, -0.05) is 39.8 Å². The monoisotopic (exact) mass is 714 g/mol. The van der Waals surface area contributed by atoms with Crippen LogP contribution in [0, 0.1) is 13.8 Å². The number of hydrogen-bond donors (Lipinski definition) is 0. The molecule has 52 heavy (non-hydrogen) atoms. The molecule has 4 rings (SSSR count). The molecule has 4 aromatic rings. The van der Waals surface area contributed by atoms with Crippen molar-refractivity contribution < 1.29 is 57.2 Å². The maximum Gasteiger partial charge on any atom is 0.308 e. The molecule has 0 aromatic heterocycles. The second kappa shape index (κ2) is 15.2. The molecular formula is C40H42O12. The lowest BCUT2D eigenvalue weighted by Gasteiger charge is -2.25. The molecule has 4 aromatic carbocycles. The molecule has 0 aliphatic heterocycles. The van der Waals surface area contributed by atoms with Crippen molar-refractivity contribution in [2.75, 3.05) is 0 Å². The van der Waals surface area contributed by atoms with Crippen molar-refractivity contribution in [1.29, 1.82) is 0 Å². The molecule has 274 valence electrons. The van der Waals surface area contributed by atoms with Gasteiger partial charge in [0.1, 0.15) is 11.5 Å². The van der Waals surface area contributed by atoms with Gasteiger partial charge in [0.25, 0.3) is 0 Å². The third kappa shape index (κ3) is 7.91. The van der Waals surface area contributed by atoms with Crippen LogP contribution in [0.4, 0.5) is 0 Å². The Kier molecular flexibility index (Phi) is 11.4. The van der Waals surface area contributed by atoms with Crippen LogP contribution in [0.2, 0.25) is 0 Å². The van der Waals surface area contributed by atoms with Gasteiger partial charge >= 0.3 is 35.8 Å². The summed E-state index contributed by atoms with van der Waals surface area (Å²) in [6, 6.07) is 6.58. The molecule has 0 saturated carbocycles. The first-order valence-corrected chi connectivity index (χ1v) is 16.6. The first kappa shape index (κ1) is 39.0. The number of aryl methyl sites for hydroxylation is 2. The van der Waals surface area contributed by atoms with Crippen LogP contribution in [-0.2, 0) is 28.8 Å². The highest BCUT2D eigenvalue weighted by Crippen LogP contribution is 2.54. The molecule has 0 aliphatic carbocycles. The summed E-state index contributed by atoms with van der Waals surface area (Å²) in [7, 11) is 0. The number of esters is 6. The van der Waals surface area contributed by atoms with Crippen molar-refractivity contribution in [3.63, 3.8) is 0 Å². The zero-order valence-corrected chi connectivity index (χ0v) is 31.4. The van der Waals surface area contributed by atoms with E-state index in [1.807, 2.05) is 39.8 Å². The number of hydrogen-bond acceptors (Lipinski definition) is 12. The molecule has 0 spiro atoms. The summed E-state index contributed by atoms with van der Waals surface area (Å²) in [5.41, 5.74) is 2.94. The molecule has 0 N–H and O–H groups in total. The second-order valence-corrected chi connectivity index (χ2v) is 13.1. The van der Waals surface area contributed by atoms with Crippen molar-refractivity contribution in [2.24, 2.45) is 0 Å². The number of rotatable bonds is 9. The van der Waals surface area contributed by atoms with Crippen LogP contribution in [0.5, 0.6) is 34.5 Å². The number of fused-ring (bicyclic) bond motifs is 2. The van der Waals surface area contributed by atoms with Crippen LogP contribution in [0.1, 0.15) is 103 Å². The maximum atomic E-state index is 12.8. The molecule has 12 heteroatoms. The zero-order chi connectivity index (χ0) is 38.9. The van der Waals surface area contributed by atoms with Crippen LogP contribution >= 0.6 is 0 Å². The Labute approximate surface area is 301 Å². The lowest BCUT2D eigenvalue weighted by atomic mass is 9.85. The van der Waals surface area contributed by atoms with Gasteiger partial charge in [0.2, 0.25) is 0 Å².